The minimum absolute atomic E-state index is 0.113. The first-order chi connectivity index (χ1) is 12.5. The number of aliphatic hydroxyl groups is 1. The van der Waals surface area contributed by atoms with Crippen molar-refractivity contribution >= 4 is 11.9 Å². The van der Waals surface area contributed by atoms with Gasteiger partial charge in [-0.1, -0.05) is 31.1 Å². The summed E-state index contributed by atoms with van der Waals surface area (Å²) in [5.74, 6) is -1.06. The van der Waals surface area contributed by atoms with E-state index in [9.17, 15) is 14.7 Å². The number of hydrogen-bond acceptors (Lipinski definition) is 5. The third-order valence-corrected chi connectivity index (χ3v) is 6.22. The van der Waals surface area contributed by atoms with Crippen molar-refractivity contribution in [3.8, 4) is 0 Å². The molecule has 0 aromatic rings. The van der Waals surface area contributed by atoms with E-state index in [4.69, 9.17) is 9.47 Å². The van der Waals surface area contributed by atoms with Gasteiger partial charge >= 0.3 is 11.9 Å². The maximum absolute atomic E-state index is 12.5. The molecule has 152 valence electrons. The zero-order valence-electron chi connectivity index (χ0n) is 17.7. The predicted molar refractivity (Wildman–Crippen MR) is 104 cm³/mol. The van der Waals surface area contributed by atoms with Crippen LogP contribution in [0.5, 0.6) is 0 Å². The SMILES string of the molecule is C/C=C(/C)C(=O)O[C@H]1CC(C)=C2CC[C@](C)(O)[C@H]2[C@H](OC(C)=O)[C@@H]1C(C)C. The van der Waals surface area contributed by atoms with Gasteiger partial charge in [0.1, 0.15) is 12.2 Å². The molecule has 2 aliphatic rings. The molecule has 5 nitrogen and oxygen atoms in total. The lowest BCUT2D eigenvalue weighted by molar-refractivity contribution is -0.168. The van der Waals surface area contributed by atoms with Crippen molar-refractivity contribution in [2.75, 3.05) is 0 Å². The van der Waals surface area contributed by atoms with Gasteiger partial charge in [0.15, 0.2) is 0 Å². The summed E-state index contributed by atoms with van der Waals surface area (Å²) in [5.41, 5.74) is 1.90. The van der Waals surface area contributed by atoms with Gasteiger partial charge in [-0.3, -0.25) is 4.79 Å². The Morgan fingerprint density at radius 2 is 1.89 bits per heavy atom. The standard InChI is InChI=1S/C22H34O5/c1-8-13(4)21(24)27-17-11-14(5)16-9-10-22(7,25)19(16)20(26-15(6)23)18(17)12(2)3/h8,12,17-20,25H,9-11H2,1-7H3/b13-8-/t17-,18+,19+,20+,22-/m0/s1. The van der Waals surface area contributed by atoms with E-state index >= 15 is 0 Å². The van der Waals surface area contributed by atoms with Crippen LogP contribution in [0.2, 0.25) is 0 Å². The molecule has 0 aliphatic heterocycles. The molecule has 0 spiro atoms. The Morgan fingerprint density at radius 1 is 1.26 bits per heavy atom. The highest BCUT2D eigenvalue weighted by molar-refractivity contribution is 5.87. The molecule has 1 N–H and O–H groups in total. The van der Waals surface area contributed by atoms with Gasteiger partial charge in [0.2, 0.25) is 0 Å². The first-order valence-corrected chi connectivity index (χ1v) is 9.91. The topological polar surface area (TPSA) is 72.8 Å². The summed E-state index contributed by atoms with van der Waals surface area (Å²) in [6.07, 6.45) is 2.85. The van der Waals surface area contributed by atoms with E-state index in [0.717, 1.165) is 17.6 Å². The molecule has 0 heterocycles. The van der Waals surface area contributed by atoms with Gasteiger partial charge in [0.25, 0.3) is 0 Å². The van der Waals surface area contributed by atoms with Gasteiger partial charge in [-0.05, 0) is 46.5 Å². The average Bonchev–Trinajstić information content (AvgIpc) is 2.81. The lowest BCUT2D eigenvalue weighted by Crippen LogP contribution is -2.48. The molecule has 0 aromatic heterocycles. The maximum Gasteiger partial charge on any atom is 0.333 e. The smallest absolute Gasteiger partial charge is 0.333 e. The minimum Gasteiger partial charge on any atom is -0.461 e. The Morgan fingerprint density at radius 3 is 2.41 bits per heavy atom. The molecule has 0 radical (unpaired) electrons. The van der Waals surface area contributed by atoms with Crippen LogP contribution < -0.4 is 0 Å². The Labute approximate surface area is 162 Å². The highest BCUT2D eigenvalue weighted by Gasteiger charge is 2.53. The normalized spacial score (nSPS) is 34.3. The van der Waals surface area contributed by atoms with Crippen LogP contribution in [0.1, 0.15) is 67.7 Å². The monoisotopic (exact) mass is 378 g/mol. The van der Waals surface area contributed by atoms with Crippen LogP contribution in [-0.4, -0.2) is 34.9 Å². The first kappa shape index (κ1) is 21.7. The third kappa shape index (κ3) is 4.45. The molecule has 27 heavy (non-hydrogen) atoms. The molecule has 0 saturated heterocycles. The van der Waals surface area contributed by atoms with E-state index < -0.39 is 17.8 Å². The van der Waals surface area contributed by atoms with E-state index in [2.05, 4.69) is 13.8 Å². The number of hydrogen-bond donors (Lipinski definition) is 1. The van der Waals surface area contributed by atoms with Crippen LogP contribution in [0, 0.1) is 17.8 Å². The van der Waals surface area contributed by atoms with Crippen LogP contribution in [0.4, 0.5) is 0 Å². The van der Waals surface area contributed by atoms with Crippen molar-refractivity contribution in [3.63, 3.8) is 0 Å². The second-order valence-corrected chi connectivity index (χ2v) is 8.66. The van der Waals surface area contributed by atoms with Crippen LogP contribution in [0.15, 0.2) is 22.8 Å². The summed E-state index contributed by atoms with van der Waals surface area (Å²) in [6.45, 7) is 12.9. The van der Waals surface area contributed by atoms with Gasteiger partial charge < -0.3 is 14.6 Å². The van der Waals surface area contributed by atoms with Gasteiger partial charge in [0.05, 0.1) is 5.60 Å². The summed E-state index contributed by atoms with van der Waals surface area (Å²) in [4.78, 5) is 24.4. The number of rotatable bonds is 4. The van der Waals surface area contributed by atoms with E-state index in [-0.39, 0.29) is 29.7 Å². The molecule has 0 aromatic carbocycles. The molecule has 1 fully saturated rings. The Balaban J connectivity index is 2.52. The van der Waals surface area contributed by atoms with E-state index in [1.54, 1.807) is 19.9 Å². The van der Waals surface area contributed by atoms with Gasteiger partial charge in [-0.15, -0.1) is 0 Å². The molecule has 2 aliphatic carbocycles. The number of ether oxygens (including phenoxy) is 2. The van der Waals surface area contributed by atoms with Gasteiger partial charge in [-0.2, -0.15) is 0 Å². The van der Waals surface area contributed by atoms with Gasteiger partial charge in [0, 0.05) is 30.8 Å². The Kier molecular flexibility index (Phi) is 6.56. The Bertz CT molecular complexity index is 656. The largest absolute Gasteiger partial charge is 0.461 e. The fourth-order valence-electron chi connectivity index (χ4n) is 4.72. The fourth-order valence-corrected chi connectivity index (χ4v) is 4.72. The van der Waals surface area contributed by atoms with Crippen LogP contribution in [0.25, 0.3) is 0 Å². The summed E-state index contributed by atoms with van der Waals surface area (Å²) in [7, 11) is 0. The zero-order chi connectivity index (χ0) is 20.5. The first-order valence-electron chi connectivity index (χ1n) is 9.91. The molecule has 5 heteroatoms. The third-order valence-electron chi connectivity index (χ3n) is 6.22. The van der Waals surface area contributed by atoms with E-state index in [1.165, 1.54) is 6.92 Å². The highest BCUT2D eigenvalue weighted by Crippen LogP contribution is 2.50. The average molecular weight is 379 g/mol. The molecule has 1 saturated carbocycles. The zero-order valence-corrected chi connectivity index (χ0v) is 17.7. The maximum atomic E-state index is 12.5. The van der Waals surface area contributed by atoms with Gasteiger partial charge in [-0.25, -0.2) is 4.79 Å². The lowest BCUT2D eigenvalue weighted by atomic mass is 9.75. The van der Waals surface area contributed by atoms with Crippen LogP contribution >= 0.6 is 0 Å². The lowest BCUT2D eigenvalue weighted by Gasteiger charge is -2.40. The van der Waals surface area contributed by atoms with Crippen molar-refractivity contribution < 1.29 is 24.2 Å². The molecule has 2 rings (SSSR count). The number of carbonyl (C=O) groups is 2. The molecule has 0 bridgehead atoms. The minimum atomic E-state index is -0.942. The summed E-state index contributed by atoms with van der Waals surface area (Å²) < 4.78 is 11.7. The molecule has 0 amide bonds. The van der Waals surface area contributed by atoms with E-state index in [1.807, 2.05) is 13.8 Å². The molecular formula is C22H34O5. The van der Waals surface area contributed by atoms with Crippen molar-refractivity contribution in [3.05, 3.63) is 22.8 Å². The number of fused-ring (bicyclic) bond motifs is 1. The van der Waals surface area contributed by atoms with Crippen molar-refractivity contribution in [1.82, 2.24) is 0 Å². The number of allylic oxidation sites excluding steroid dienone is 1. The summed E-state index contributed by atoms with van der Waals surface area (Å²) in [5, 5.41) is 11.1. The highest BCUT2D eigenvalue weighted by atomic mass is 16.6. The fraction of sp³-hybridized carbons (Fsp3) is 0.727. The molecule has 5 atom stereocenters. The molecule has 0 unspecified atom stereocenters. The summed E-state index contributed by atoms with van der Waals surface area (Å²) >= 11 is 0. The number of esters is 2. The second-order valence-electron chi connectivity index (χ2n) is 8.66. The Hall–Kier alpha value is -1.62. The number of carbonyl (C=O) groups excluding carboxylic acids is 2. The van der Waals surface area contributed by atoms with Crippen LogP contribution in [0.3, 0.4) is 0 Å². The second kappa shape index (κ2) is 8.17. The van der Waals surface area contributed by atoms with Crippen molar-refractivity contribution in [2.24, 2.45) is 17.8 Å². The van der Waals surface area contributed by atoms with Crippen LogP contribution in [-0.2, 0) is 19.1 Å². The van der Waals surface area contributed by atoms with Crippen molar-refractivity contribution in [2.45, 2.75) is 85.5 Å². The van der Waals surface area contributed by atoms with E-state index in [0.29, 0.717) is 18.4 Å². The summed E-state index contributed by atoms with van der Waals surface area (Å²) in [6, 6.07) is 0. The van der Waals surface area contributed by atoms with Crippen molar-refractivity contribution in [1.29, 1.82) is 0 Å². The molecular weight excluding hydrogens is 344 g/mol. The predicted octanol–water partition coefficient (Wildman–Crippen LogP) is 3.95. The quantitative estimate of drug-likeness (QED) is 0.455.